The molecule has 1 rings (SSSR count). The van der Waals surface area contributed by atoms with Gasteiger partial charge >= 0.3 is 0 Å². The zero-order chi connectivity index (χ0) is 9.35. The fraction of sp³-hybridized carbons (Fsp3) is 0. The molecule has 1 heterocycles. The van der Waals surface area contributed by atoms with Gasteiger partial charge in [0.2, 0.25) is 5.03 Å². The van der Waals surface area contributed by atoms with Crippen molar-refractivity contribution in [3.63, 3.8) is 0 Å². The number of halogens is 2. The summed E-state index contributed by atoms with van der Waals surface area (Å²) >= 11 is 2.93. The molecule has 0 radical (unpaired) electrons. The van der Waals surface area contributed by atoms with Gasteiger partial charge in [-0.1, -0.05) is 0 Å². The van der Waals surface area contributed by atoms with Crippen molar-refractivity contribution in [1.29, 1.82) is 0 Å². The normalized spacial score (nSPS) is 11.5. The van der Waals surface area contributed by atoms with Crippen LogP contribution in [0.15, 0.2) is 21.8 Å². The molecular formula is C5H3BrClNO3S. The molecule has 0 aliphatic rings. The van der Waals surface area contributed by atoms with E-state index in [1.165, 1.54) is 12.3 Å². The van der Waals surface area contributed by atoms with Gasteiger partial charge in [0.1, 0.15) is 0 Å². The summed E-state index contributed by atoms with van der Waals surface area (Å²) in [5.41, 5.74) is 0. The molecule has 0 amide bonds. The maximum absolute atomic E-state index is 10.7. The first-order chi connectivity index (χ1) is 5.43. The number of hydrogen-bond donors (Lipinski definition) is 1. The quantitative estimate of drug-likeness (QED) is 0.786. The van der Waals surface area contributed by atoms with Crippen LogP contribution >= 0.6 is 26.6 Å². The number of aromatic nitrogens is 1. The van der Waals surface area contributed by atoms with Gasteiger partial charge in [0, 0.05) is 16.9 Å². The van der Waals surface area contributed by atoms with Crippen molar-refractivity contribution < 1.29 is 13.5 Å². The summed E-state index contributed by atoms with van der Waals surface area (Å²) < 4.78 is 21.7. The molecular weight excluding hydrogens is 269 g/mol. The Bertz CT molecular complexity index is 405. The predicted octanol–water partition coefficient (Wildman–Crippen LogP) is 1.48. The van der Waals surface area contributed by atoms with Crippen LogP contribution in [0.3, 0.4) is 0 Å². The first-order valence-electron chi connectivity index (χ1n) is 2.71. The Balaban J connectivity index is 3.47. The number of aromatic hydroxyl groups is 1. The SMILES string of the molecule is O=S(=O)(Cl)c1nccc(Br)c1O. The van der Waals surface area contributed by atoms with E-state index >= 15 is 0 Å². The Morgan fingerprint density at radius 2 is 2.17 bits per heavy atom. The molecule has 1 aromatic rings. The molecule has 66 valence electrons. The van der Waals surface area contributed by atoms with Gasteiger partial charge in [-0.05, 0) is 22.0 Å². The Labute approximate surface area is 81.7 Å². The summed E-state index contributed by atoms with van der Waals surface area (Å²) in [6.45, 7) is 0. The number of hydrogen-bond acceptors (Lipinski definition) is 4. The van der Waals surface area contributed by atoms with Crippen molar-refractivity contribution in [2.24, 2.45) is 0 Å². The maximum atomic E-state index is 10.7. The van der Waals surface area contributed by atoms with Crippen LogP contribution in [-0.2, 0) is 9.05 Å². The van der Waals surface area contributed by atoms with Gasteiger partial charge in [-0.15, -0.1) is 0 Å². The lowest BCUT2D eigenvalue weighted by molar-refractivity contribution is 0.449. The molecule has 0 spiro atoms. The van der Waals surface area contributed by atoms with E-state index in [1.54, 1.807) is 0 Å². The lowest BCUT2D eigenvalue weighted by Crippen LogP contribution is -1.95. The fourth-order valence-corrected chi connectivity index (χ4v) is 1.89. The van der Waals surface area contributed by atoms with Crippen LogP contribution < -0.4 is 0 Å². The molecule has 0 unspecified atom stereocenters. The summed E-state index contributed by atoms with van der Waals surface area (Å²) in [6, 6.07) is 1.40. The fourth-order valence-electron chi connectivity index (χ4n) is 0.591. The van der Waals surface area contributed by atoms with Gasteiger partial charge in [-0.25, -0.2) is 13.4 Å². The van der Waals surface area contributed by atoms with Crippen LogP contribution in [0.5, 0.6) is 5.75 Å². The van der Waals surface area contributed by atoms with Crippen molar-refractivity contribution >= 4 is 35.7 Å². The Morgan fingerprint density at radius 3 is 2.58 bits per heavy atom. The molecule has 0 atom stereocenters. The molecule has 0 aliphatic heterocycles. The third-order valence-electron chi connectivity index (χ3n) is 1.07. The number of pyridine rings is 1. The molecule has 1 aromatic heterocycles. The van der Waals surface area contributed by atoms with Gasteiger partial charge in [-0.3, -0.25) is 0 Å². The van der Waals surface area contributed by atoms with Crippen LogP contribution in [0.1, 0.15) is 0 Å². The van der Waals surface area contributed by atoms with Crippen molar-refractivity contribution in [1.82, 2.24) is 4.98 Å². The minimum atomic E-state index is -3.97. The second-order valence-corrected chi connectivity index (χ2v) is 5.22. The van der Waals surface area contributed by atoms with E-state index < -0.39 is 19.8 Å². The smallest absolute Gasteiger partial charge is 0.282 e. The van der Waals surface area contributed by atoms with Gasteiger partial charge in [-0.2, -0.15) is 0 Å². The molecule has 0 fully saturated rings. The highest BCUT2D eigenvalue weighted by molar-refractivity contribution is 9.10. The van der Waals surface area contributed by atoms with Crippen LogP contribution in [0.4, 0.5) is 0 Å². The van der Waals surface area contributed by atoms with Crippen LogP contribution in [0.25, 0.3) is 0 Å². The molecule has 0 saturated heterocycles. The second kappa shape index (κ2) is 3.20. The van der Waals surface area contributed by atoms with Crippen LogP contribution in [0, 0.1) is 0 Å². The summed E-state index contributed by atoms with van der Waals surface area (Å²) in [5, 5.41) is 8.62. The Hall–Kier alpha value is -0.330. The molecule has 0 aromatic carbocycles. The van der Waals surface area contributed by atoms with Crippen LogP contribution in [0.2, 0.25) is 0 Å². The molecule has 1 N–H and O–H groups in total. The molecule has 12 heavy (non-hydrogen) atoms. The third kappa shape index (κ3) is 1.88. The van der Waals surface area contributed by atoms with E-state index in [4.69, 9.17) is 15.8 Å². The summed E-state index contributed by atoms with van der Waals surface area (Å²) in [6.07, 6.45) is 1.22. The zero-order valence-electron chi connectivity index (χ0n) is 5.53. The van der Waals surface area contributed by atoms with Gasteiger partial charge < -0.3 is 5.11 Å². The summed E-state index contributed by atoms with van der Waals surface area (Å²) in [4.78, 5) is 3.41. The monoisotopic (exact) mass is 271 g/mol. The van der Waals surface area contributed by atoms with E-state index in [9.17, 15) is 8.42 Å². The molecule has 7 heteroatoms. The van der Waals surface area contributed by atoms with Gasteiger partial charge in [0.05, 0.1) is 4.47 Å². The minimum Gasteiger partial charge on any atom is -0.504 e. The standard InChI is InChI=1S/C5H3BrClNO3S/c6-3-1-2-8-5(4(3)9)12(7,10)11/h1-2,9H. The number of rotatable bonds is 1. The van der Waals surface area contributed by atoms with E-state index in [-0.39, 0.29) is 4.47 Å². The maximum Gasteiger partial charge on any atom is 0.282 e. The average Bonchev–Trinajstić information content (AvgIpc) is 1.92. The third-order valence-corrected chi connectivity index (χ3v) is 2.91. The number of nitrogens with zero attached hydrogens (tertiary/aromatic N) is 1. The molecule has 0 bridgehead atoms. The molecule has 0 aliphatic carbocycles. The van der Waals surface area contributed by atoms with Crippen molar-refractivity contribution in [2.75, 3.05) is 0 Å². The second-order valence-electron chi connectivity index (χ2n) is 1.88. The minimum absolute atomic E-state index is 0.233. The lowest BCUT2D eigenvalue weighted by atomic mass is 10.5. The molecule has 4 nitrogen and oxygen atoms in total. The van der Waals surface area contributed by atoms with Crippen molar-refractivity contribution in [2.45, 2.75) is 5.03 Å². The van der Waals surface area contributed by atoms with Gasteiger partial charge in [0.25, 0.3) is 9.05 Å². The largest absolute Gasteiger partial charge is 0.504 e. The summed E-state index contributed by atoms with van der Waals surface area (Å²) in [5.74, 6) is -0.479. The van der Waals surface area contributed by atoms with E-state index in [1.807, 2.05) is 0 Å². The Morgan fingerprint density at radius 1 is 1.58 bits per heavy atom. The highest BCUT2D eigenvalue weighted by Crippen LogP contribution is 2.30. The lowest BCUT2D eigenvalue weighted by Gasteiger charge is -1.99. The predicted molar refractivity (Wildman–Crippen MR) is 46.6 cm³/mol. The van der Waals surface area contributed by atoms with E-state index in [0.717, 1.165) is 0 Å². The first kappa shape index (κ1) is 9.76. The van der Waals surface area contributed by atoms with E-state index in [2.05, 4.69) is 20.9 Å². The highest BCUT2D eigenvalue weighted by Gasteiger charge is 2.18. The average molecular weight is 273 g/mol. The van der Waals surface area contributed by atoms with Crippen molar-refractivity contribution in [3.8, 4) is 5.75 Å². The van der Waals surface area contributed by atoms with Crippen LogP contribution in [-0.4, -0.2) is 18.5 Å². The topological polar surface area (TPSA) is 67.3 Å². The highest BCUT2D eigenvalue weighted by atomic mass is 79.9. The zero-order valence-corrected chi connectivity index (χ0v) is 8.69. The van der Waals surface area contributed by atoms with E-state index in [0.29, 0.717) is 0 Å². The summed E-state index contributed by atoms with van der Waals surface area (Å²) in [7, 11) is 0.990. The Kier molecular flexibility index (Phi) is 2.60. The first-order valence-corrected chi connectivity index (χ1v) is 5.81. The van der Waals surface area contributed by atoms with Crippen molar-refractivity contribution in [3.05, 3.63) is 16.7 Å². The van der Waals surface area contributed by atoms with Gasteiger partial charge in [0.15, 0.2) is 5.75 Å². The molecule has 0 saturated carbocycles.